The number of carboxylic acid groups (broad SMARTS) is 1. The second-order valence-electron chi connectivity index (χ2n) is 4.42. The molecule has 1 heterocycles. The summed E-state index contributed by atoms with van der Waals surface area (Å²) >= 11 is 0. The molecular weight excluding hydrogens is 266 g/mol. The van der Waals surface area contributed by atoms with Gasteiger partial charge in [0.05, 0.1) is 6.61 Å². The molecule has 8 nitrogen and oxygen atoms in total. The molecule has 1 rings (SSSR count). The average molecular weight is 287 g/mol. The van der Waals surface area contributed by atoms with Crippen molar-refractivity contribution in [2.45, 2.75) is 26.3 Å². The molecule has 0 radical (unpaired) electrons. The van der Waals surface area contributed by atoms with E-state index in [1.807, 2.05) is 0 Å². The Hall–Kier alpha value is -1.99. The van der Waals surface area contributed by atoms with Crippen LogP contribution in [0.15, 0.2) is 0 Å². The normalized spacial score (nSPS) is 16.5. The molecule has 1 fully saturated rings. The fourth-order valence-electron chi connectivity index (χ4n) is 1.89. The van der Waals surface area contributed by atoms with Crippen LogP contribution in [0.2, 0.25) is 0 Å². The van der Waals surface area contributed by atoms with Gasteiger partial charge in [0.25, 0.3) is 0 Å². The minimum atomic E-state index is -1.05. The molecule has 0 aromatic carbocycles. The van der Waals surface area contributed by atoms with Crippen molar-refractivity contribution in [2.24, 2.45) is 0 Å². The monoisotopic (exact) mass is 287 g/mol. The zero-order valence-electron chi connectivity index (χ0n) is 11.8. The summed E-state index contributed by atoms with van der Waals surface area (Å²) in [5, 5.41) is 11.3. The Morgan fingerprint density at radius 2 is 1.70 bits per heavy atom. The van der Waals surface area contributed by atoms with Crippen LogP contribution in [0.1, 0.15) is 20.3 Å². The van der Waals surface area contributed by atoms with Crippen LogP contribution in [0.3, 0.4) is 0 Å². The standard InChI is InChI=1S/C12H21N3O5/c1-3-9(10(16)17)13-11(18)14-5-7-15(8-6-14)12(19)20-4-2/h9H,3-8H2,1-2H3,(H,13,18)(H,16,17)/t9-/m0/s1. The second-order valence-corrected chi connectivity index (χ2v) is 4.42. The molecule has 114 valence electrons. The molecule has 0 aliphatic carbocycles. The molecule has 2 N–H and O–H groups in total. The van der Waals surface area contributed by atoms with Crippen molar-refractivity contribution in [3.8, 4) is 0 Å². The maximum absolute atomic E-state index is 11.9. The molecule has 1 aliphatic heterocycles. The zero-order chi connectivity index (χ0) is 15.1. The van der Waals surface area contributed by atoms with Gasteiger partial charge in [0.1, 0.15) is 6.04 Å². The highest BCUT2D eigenvalue weighted by atomic mass is 16.6. The number of carboxylic acids is 1. The summed E-state index contributed by atoms with van der Waals surface area (Å²) in [5.74, 6) is -1.05. The Labute approximate surface area is 117 Å². The van der Waals surface area contributed by atoms with E-state index in [0.29, 0.717) is 39.2 Å². The summed E-state index contributed by atoms with van der Waals surface area (Å²) in [6, 6.07) is -1.30. The lowest BCUT2D eigenvalue weighted by Gasteiger charge is -2.34. The summed E-state index contributed by atoms with van der Waals surface area (Å²) in [4.78, 5) is 37.3. The molecule has 20 heavy (non-hydrogen) atoms. The minimum absolute atomic E-state index is 0.316. The van der Waals surface area contributed by atoms with Crippen LogP contribution in [0.5, 0.6) is 0 Å². The molecule has 0 aromatic rings. The van der Waals surface area contributed by atoms with E-state index in [9.17, 15) is 14.4 Å². The van der Waals surface area contributed by atoms with Crippen molar-refractivity contribution in [2.75, 3.05) is 32.8 Å². The Balaban J connectivity index is 2.43. The topological polar surface area (TPSA) is 99.2 Å². The van der Waals surface area contributed by atoms with E-state index in [-0.39, 0.29) is 6.09 Å². The predicted octanol–water partition coefficient (Wildman–Crippen LogP) is 0.333. The highest BCUT2D eigenvalue weighted by Crippen LogP contribution is 2.05. The molecule has 1 atom stereocenters. The van der Waals surface area contributed by atoms with Gasteiger partial charge in [-0.3, -0.25) is 0 Å². The molecule has 0 saturated carbocycles. The molecule has 0 unspecified atom stereocenters. The number of ether oxygens (including phenoxy) is 1. The lowest BCUT2D eigenvalue weighted by molar-refractivity contribution is -0.139. The van der Waals surface area contributed by atoms with Crippen LogP contribution in [0.25, 0.3) is 0 Å². The lowest BCUT2D eigenvalue weighted by atomic mass is 10.2. The number of rotatable bonds is 4. The number of hydrogen-bond acceptors (Lipinski definition) is 4. The first kappa shape index (κ1) is 16.1. The molecule has 3 amide bonds. The number of nitrogens with zero attached hydrogens (tertiary/aromatic N) is 2. The van der Waals surface area contributed by atoms with Gasteiger partial charge in [-0.05, 0) is 13.3 Å². The first-order chi connectivity index (χ1) is 9.49. The van der Waals surface area contributed by atoms with Crippen LogP contribution in [-0.2, 0) is 9.53 Å². The molecule has 0 bridgehead atoms. The van der Waals surface area contributed by atoms with Crippen LogP contribution in [0.4, 0.5) is 9.59 Å². The molecule has 1 saturated heterocycles. The van der Waals surface area contributed by atoms with Crippen LogP contribution >= 0.6 is 0 Å². The average Bonchev–Trinajstić information content (AvgIpc) is 2.44. The molecule has 1 aliphatic rings. The number of aliphatic carboxylic acids is 1. The molecule has 8 heteroatoms. The van der Waals surface area contributed by atoms with Gasteiger partial charge in [-0.1, -0.05) is 6.92 Å². The Morgan fingerprint density at radius 3 is 2.15 bits per heavy atom. The third-order valence-corrected chi connectivity index (χ3v) is 3.10. The van der Waals surface area contributed by atoms with E-state index in [1.165, 1.54) is 9.80 Å². The number of piperazine rings is 1. The lowest BCUT2D eigenvalue weighted by Crippen LogP contribution is -2.55. The first-order valence-corrected chi connectivity index (χ1v) is 6.69. The van der Waals surface area contributed by atoms with E-state index < -0.39 is 18.0 Å². The highest BCUT2D eigenvalue weighted by molar-refractivity contribution is 5.82. The zero-order valence-corrected chi connectivity index (χ0v) is 11.8. The Bertz CT molecular complexity index is 366. The largest absolute Gasteiger partial charge is 0.480 e. The smallest absolute Gasteiger partial charge is 0.409 e. The number of carbonyl (C=O) groups excluding carboxylic acids is 2. The molecular formula is C12H21N3O5. The number of nitrogens with one attached hydrogen (secondary N) is 1. The third kappa shape index (κ3) is 4.29. The number of urea groups is 1. The van der Waals surface area contributed by atoms with Gasteiger partial charge < -0.3 is 25.0 Å². The number of amides is 3. The van der Waals surface area contributed by atoms with Gasteiger partial charge in [0.2, 0.25) is 0 Å². The summed E-state index contributed by atoms with van der Waals surface area (Å²) in [7, 11) is 0. The van der Waals surface area contributed by atoms with Crippen molar-refractivity contribution >= 4 is 18.1 Å². The second kappa shape index (κ2) is 7.56. The quantitative estimate of drug-likeness (QED) is 0.776. The van der Waals surface area contributed by atoms with Gasteiger partial charge in [-0.25, -0.2) is 14.4 Å². The predicted molar refractivity (Wildman–Crippen MR) is 70.4 cm³/mol. The van der Waals surface area contributed by atoms with E-state index in [0.717, 1.165) is 0 Å². The van der Waals surface area contributed by atoms with Gasteiger partial charge in [-0.2, -0.15) is 0 Å². The van der Waals surface area contributed by atoms with Gasteiger partial charge in [0, 0.05) is 26.2 Å². The third-order valence-electron chi connectivity index (χ3n) is 3.10. The molecule has 0 spiro atoms. The van der Waals surface area contributed by atoms with Crippen molar-refractivity contribution in [1.29, 1.82) is 0 Å². The van der Waals surface area contributed by atoms with E-state index in [2.05, 4.69) is 5.32 Å². The van der Waals surface area contributed by atoms with Crippen LogP contribution in [0, 0.1) is 0 Å². The van der Waals surface area contributed by atoms with E-state index >= 15 is 0 Å². The molecule has 0 aromatic heterocycles. The minimum Gasteiger partial charge on any atom is -0.480 e. The highest BCUT2D eigenvalue weighted by Gasteiger charge is 2.27. The van der Waals surface area contributed by atoms with Crippen molar-refractivity contribution in [3.05, 3.63) is 0 Å². The van der Waals surface area contributed by atoms with E-state index in [4.69, 9.17) is 9.84 Å². The van der Waals surface area contributed by atoms with Crippen molar-refractivity contribution in [1.82, 2.24) is 15.1 Å². The van der Waals surface area contributed by atoms with Crippen LogP contribution < -0.4 is 5.32 Å². The van der Waals surface area contributed by atoms with Crippen LogP contribution in [-0.4, -0.2) is 71.8 Å². The summed E-state index contributed by atoms with van der Waals surface area (Å²) in [5.41, 5.74) is 0. The first-order valence-electron chi connectivity index (χ1n) is 6.69. The summed E-state index contributed by atoms with van der Waals surface area (Å²) in [6.45, 7) is 5.24. The number of carbonyl (C=O) groups is 3. The summed E-state index contributed by atoms with van der Waals surface area (Å²) < 4.78 is 4.88. The maximum Gasteiger partial charge on any atom is 0.409 e. The van der Waals surface area contributed by atoms with E-state index in [1.54, 1.807) is 13.8 Å². The van der Waals surface area contributed by atoms with Gasteiger partial charge in [0.15, 0.2) is 0 Å². The summed E-state index contributed by atoms with van der Waals surface area (Å²) in [6.07, 6.45) is -0.0614. The maximum atomic E-state index is 11.9. The SMILES string of the molecule is CCOC(=O)N1CCN(C(=O)N[C@@H](CC)C(=O)O)CC1. The fourth-order valence-corrected chi connectivity index (χ4v) is 1.89. The van der Waals surface area contributed by atoms with Crippen molar-refractivity contribution in [3.63, 3.8) is 0 Å². The van der Waals surface area contributed by atoms with Crippen molar-refractivity contribution < 1.29 is 24.2 Å². The van der Waals surface area contributed by atoms with Gasteiger partial charge in [-0.15, -0.1) is 0 Å². The Morgan fingerprint density at radius 1 is 1.15 bits per heavy atom. The fraction of sp³-hybridized carbons (Fsp3) is 0.750. The number of hydrogen-bond donors (Lipinski definition) is 2. The Kier molecular flexibility index (Phi) is 6.08. The van der Waals surface area contributed by atoms with Gasteiger partial charge >= 0.3 is 18.1 Å².